The number of aromatic nitrogens is 4. The first kappa shape index (κ1) is 12.8. The van der Waals surface area contributed by atoms with Gasteiger partial charge in [0.2, 0.25) is 0 Å². The van der Waals surface area contributed by atoms with Crippen LogP contribution in [0.3, 0.4) is 0 Å². The highest BCUT2D eigenvalue weighted by molar-refractivity contribution is 6.12. The van der Waals surface area contributed by atoms with E-state index in [1.54, 1.807) is 13.1 Å². The van der Waals surface area contributed by atoms with Gasteiger partial charge in [-0.2, -0.15) is 10.2 Å². The number of ketones is 1. The van der Waals surface area contributed by atoms with Crippen molar-refractivity contribution in [3.8, 4) is 5.69 Å². The van der Waals surface area contributed by atoms with E-state index in [1.165, 1.54) is 5.56 Å². The van der Waals surface area contributed by atoms with Crippen molar-refractivity contribution < 1.29 is 4.79 Å². The van der Waals surface area contributed by atoms with Gasteiger partial charge in [0, 0.05) is 17.7 Å². The Morgan fingerprint density at radius 1 is 1.09 bits per heavy atom. The highest BCUT2D eigenvalue weighted by atomic mass is 16.1. The Morgan fingerprint density at radius 2 is 1.86 bits per heavy atom. The van der Waals surface area contributed by atoms with Crippen LogP contribution < -0.4 is 0 Å². The quantitative estimate of drug-likeness (QED) is 0.575. The van der Waals surface area contributed by atoms with Gasteiger partial charge in [0.25, 0.3) is 0 Å². The third-order valence-corrected chi connectivity index (χ3v) is 3.87. The Balaban J connectivity index is 2.14. The van der Waals surface area contributed by atoms with Gasteiger partial charge < -0.3 is 0 Å². The molecule has 0 fully saturated rings. The maximum Gasteiger partial charge on any atom is 0.180 e. The molecule has 0 aliphatic rings. The van der Waals surface area contributed by atoms with E-state index in [-0.39, 0.29) is 5.78 Å². The standard InChI is InChI=1S/C17H14N4O/c1-10-3-5-12(6-4-10)21-17-13(16(20-21)11(2)22)7-8-15-14(17)9-18-19-15/h3-9H,1-2H3,(H,18,19). The Bertz CT molecular complexity index is 1010. The van der Waals surface area contributed by atoms with E-state index in [1.807, 2.05) is 48.0 Å². The van der Waals surface area contributed by atoms with E-state index < -0.39 is 0 Å². The van der Waals surface area contributed by atoms with Gasteiger partial charge in [-0.25, -0.2) is 4.68 Å². The molecule has 4 aromatic rings. The van der Waals surface area contributed by atoms with Crippen molar-refractivity contribution in [3.05, 3.63) is 53.9 Å². The van der Waals surface area contributed by atoms with Crippen LogP contribution in [0.5, 0.6) is 0 Å². The van der Waals surface area contributed by atoms with Crippen molar-refractivity contribution in [3.63, 3.8) is 0 Å². The van der Waals surface area contributed by atoms with Crippen LogP contribution >= 0.6 is 0 Å². The number of hydrogen-bond donors (Lipinski definition) is 1. The van der Waals surface area contributed by atoms with Gasteiger partial charge in [-0.3, -0.25) is 9.89 Å². The molecule has 0 saturated carbocycles. The maximum absolute atomic E-state index is 11.9. The Hall–Kier alpha value is -2.95. The largest absolute Gasteiger partial charge is 0.293 e. The van der Waals surface area contributed by atoms with Gasteiger partial charge in [-0.1, -0.05) is 17.7 Å². The molecule has 22 heavy (non-hydrogen) atoms. The Labute approximate surface area is 126 Å². The van der Waals surface area contributed by atoms with E-state index >= 15 is 0 Å². The third-order valence-electron chi connectivity index (χ3n) is 3.87. The fraction of sp³-hybridized carbons (Fsp3) is 0.118. The van der Waals surface area contributed by atoms with Gasteiger partial charge in [0.1, 0.15) is 5.69 Å². The molecule has 0 bridgehead atoms. The van der Waals surface area contributed by atoms with Gasteiger partial charge in [-0.05, 0) is 31.2 Å². The van der Waals surface area contributed by atoms with E-state index in [9.17, 15) is 4.79 Å². The van der Waals surface area contributed by atoms with Crippen molar-refractivity contribution >= 4 is 27.6 Å². The number of carbonyl (C=O) groups is 1. The molecular formula is C17H14N4O. The van der Waals surface area contributed by atoms with Crippen molar-refractivity contribution in [2.24, 2.45) is 0 Å². The highest BCUT2D eigenvalue weighted by Crippen LogP contribution is 2.29. The lowest BCUT2D eigenvalue weighted by molar-refractivity contribution is 0.101. The van der Waals surface area contributed by atoms with Crippen LogP contribution in [-0.2, 0) is 0 Å². The zero-order valence-corrected chi connectivity index (χ0v) is 12.3. The van der Waals surface area contributed by atoms with Crippen molar-refractivity contribution in [1.29, 1.82) is 0 Å². The number of benzene rings is 2. The monoisotopic (exact) mass is 290 g/mol. The minimum absolute atomic E-state index is 0.0429. The summed E-state index contributed by atoms with van der Waals surface area (Å²) in [5.41, 5.74) is 4.42. The van der Waals surface area contributed by atoms with Gasteiger partial charge in [-0.15, -0.1) is 0 Å². The Morgan fingerprint density at radius 3 is 2.59 bits per heavy atom. The summed E-state index contributed by atoms with van der Waals surface area (Å²) in [4.78, 5) is 11.9. The van der Waals surface area contributed by atoms with Crippen LogP contribution in [-0.4, -0.2) is 25.8 Å². The number of nitrogens with one attached hydrogen (secondary N) is 1. The van der Waals surface area contributed by atoms with Gasteiger partial charge in [0.15, 0.2) is 5.78 Å². The molecule has 1 N–H and O–H groups in total. The maximum atomic E-state index is 11.9. The molecule has 0 radical (unpaired) electrons. The molecule has 2 heterocycles. The topological polar surface area (TPSA) is 63.6 Å². The number of fused-ring (bicyclic) bond motifs is 3. The first-order valence-electron chi connectivity index (χ1n) is 7.08. The fourth-order valence-corrected chi connectivity index (χ4v) is 2.76. The predicted octanol–water partition coefficient (Wildman–Crippen LogP) is 3.41. The predicted molar refractivity (Wildman–Crippen MR) is 85.5 cm³/mol. The van der Waals surface area contributed by atoms with Crippen LogP contribution in [0.1, 0.15) is 23.0 Å². The third kappa shape index (κ3) is 1.75. The molecule has 0 aliphatic heterocycles. The van der Waals surface area contributed by atoms with Crippen molar-refractivity contribution in [1.82, 2.24) is 20.0 Å². The van der Waals surface area contributed by atoms with E-state index in [0.717, 1.165) is 27.5 Å². The number of aryl methyl sites for hydroxylation is 1. The SMILES string of the molecule is CC(=O)c1nn(-c2ccc(C)cc2)c2c1ccc1[nH]ncc12. The molecule has 0 atom stereocenters. The second-order valence-electron chi connectivity index (χ2n) is 5.45. The van der Waals surface area contributed by atoms with Crippen LogP contribution in [0.4, 0.5) is 0 Å². The summed E-state index contributed by atoms with van der Waals surface area (Å²) in [6.45, 7) is 3.58. The van der Waals surface area contributed by atoms with Crippen LogP contribution in [0.15, 0.2) is 42.6 Å². The van der Waals surface area contributed by atoms with Crippen LogP contribution in [0, 0.1) is 6.92 Å². The lowest BCUT2D eigenvalue weighted by Crippen LogP contribution is -1.99. The summed E-state index contributed by atoms with van der Waals surface area (Å²) in [5.74, 6) is -0.0429. The minimum Gasteiger partial charge on any atom is -0.293 e. The average molecular weight is 290 g/mol. The average Bonchev–Trinajstić information content (AvgIpc) is 3.11. The normalized spacial score (nSPS) is 11.4. The van der Waals surface area contributed by atoms with Crippen LogP contribution in [0.2, 0.25) is 0 Å². The molecule has 2 aromatic carbocycles. The number of hydrogen-bond acceptors (Lipinski definition) is 3. The summed E-state index contributed by atoms with van der Waals surface area (Å²) in [7, 11) is 0. The number of nitrogens with zero attached hydrogens (tertiary/aromatic N) is 3. The summed E-state index contributed by atoms with van der Waals surface area (Å²) < 4.78 is 1.82. The number of H-pyrrole nitrogens is 1. The highest BCUT2D eigenvalue weighted by Gasteiger charge is 2.18. The fourth-order valence-electron chi connectivity index (χ4n) is 2.76. The number of rotatable bonds is 2. The summed E-state index contributed by atoms with van der Waals surface area (Å²) >= 11 is 0. The number of carbonyl (C=O) groups excluding carboxylic acids is 1. The molecule has 0 unspecified atom stereocenters. The van der Waals surface area contributed by atoms with Crippen LogP contribution in [0.25, 0.3) is 27.5 Å². The first-order chi connectivity index (χ1) is 10.6. The van der Waals surface area contributed by atoms with E-state index in [2.05, 4.69) is 15.3 Å². The molecular weight excluding hydrogens is 276 g/mol. The van der Waals surface area contributed by atoms with Gasteiger partial charge in [0.05, 0.1) is 22.9 Å². The first-order valence-corrected chi connectivity index (χ1v) is 7.08. The second kappa shape index (κ2) is 4.53. The summed E-state index contributed by atoms with van der Waals surface area (Å²) in [6, 6.07) is 11.9. The summed E-state index contributed by atoms with van der Waals surface area (Å²) in [5, 5.41) is 13.4. The van der Waals surface area contributed by atoms with Crippen molar-refractivity contribution in [2.45, 2.75) is 13.8 Å². The zero-order chi connectivity index (χ0) is 15.3. The molecule has 0 amide bonds. The van der Waals surface area contributed by atoms with Gasteiger partial charge >= 0.3 is 0 Å². The smallest absolute Gasteiger partial charge is 0.180 e. The zero-order valence-electron chi connectivity index (χ0n) is 12.3. The molecule has 4 rings (SSSR count). The molecule has 2 aromatic heterocycles. The van der Waals surface area contributed by atoms with E-state index in [0.29, 0.717) is 5.69 Å². The molecule has 108 valence electrons. The van der Waals surface area contributed by atoms with Crippen molar-refractivity contribution in [2.75, 3.05) is 0 Å². The number of Topliss-reactive ketones (excluding diaryl/α,β-unsaturated/α-hetero) is 1. The number of aromatic amines is 1. The lowest BCUT2D eigenvalue weighted by Gasteiger charge is -2.04. The molecule has 5 nitrogen and oxygen atoms in total. The molecule has 0 spiro atoms. The molecule has 0 aliphatic carbocycles. The lowest BCUT2D eigenvalue weighted by atomic mass is 10.1. The second-order valence-corrected chi connectivity index (χ2v) is 5.45. The van der Waals surface area contributed by atoms with E-state index in [4.69, 9.17) is 0 Å². The summed E-state index contributed by atoms with van der Waals surface area (Å²) in [6.07, 6.45) is 1.77. The molecule has 5 heteroatoms. The molecule has 0 saturated heterocycles. The Kier molecular flexibility index (Phi) is 2.63. The minimum atomic E-state index is -0.0429.